The summed E-state index contributed by atoms with van der Waals surface area (Å²) in [5.41, 5.74) is 0.188. The number of nitrogens with zero attached hydrogens (tertiary/aromatic N) is 1. The second kappa shape index (κ2) is 10.2. The van der Waals surface area contributed by atoms with Crippen molar-refractivity contribution in [3.05, 3.63) is 75.2 Å². The fourth-order valence-corrected chi connectivity index (χ4v) is 4.84. The Bertz CT molecular complexity index is 1380. The Kier molecular flexibility index (Phi) is 7.19. The number of hydrogen-bond acceptors (Lipinski definition) is 7. The number of Topliss-reactive ketones (excluding diaryl/α,β-unsaturated/α-hetero) is 1. The van der Waals surface area contributed by atoms with Gasteiger partial charge in [-0.1, -0.05) is 29.3 Å². The van der Waals surface area contributed by atoms with Crippen LogP contribution in [0.3, 0.4) is 0 Å². The molecule has 1 aromatic heterocycles. The first-order chi connectivity index (χ1) is 17.2. The summed E-state index contributed by atoms with van der Waals surface area (Å²) >= 11 is 12.7. The number of amides is 1. The number of rotatable bonds is 7. The molecule has 1 aliphatic rings. The maximum absolute atomic E-state index is 13.4. The normalized spacial score (nSPS) is 16.9. The third kappa shape index (κ3) is 4.27. The number of furan rings is 1. The molecular weight excluding hydrogens is 509 g/mol. The van der Waals surface area contributed by atoms with E-state index < -0.39 is 23.5 Å². The van der Waals surface area contributed by atoms with Gasteiger partial charge in [-0.15, -0.1) is 0 Å². The number of anilines is 1. The Labute approximate surface area is 217 Å². The minimum Gasteiger partial charge on any atom is -0.507 e. The molecule has 1 atom stereocenters. The monoisotopic (exact) mass is 531 g/mol. The van der Waals surface area contributed by atoms with Gasteiger partial charge in [0.05, 0.1) is 37.0 Å². The topological polar surface area (TPSA) is 98.4 Å². The fourth-order valence-electron chi connectivity index (χ4n) is 4.15. The van der Waals surface area contributed by atoms with E-state index in [0.29, 0.717) is 23.8 Å². The number of benzene rings is 2. The van der Waals surface area contributed by atoms with Crippen molar-refractivity contribution < 1.29 is 33.3 Å². The molecule has 1 N–H and O–H groups in total. The summed E-state index contributed by atoms with van der Waals surface area (Å²) in [6.07, 6.45) is 0. The van der Waals surface area contributed by atoms with Gasteiger partial charge in [0.1, 0.15) is 34.1 Å². The van der Waals surface area contributed by atoms with Gasteiger partial charge in [0, 0.05) is 11.8 Å². The molecule has 36 heavy (non-hydrogen) atoms. The van der Waals surface area contributed by atoms with Gasteiger partial charge in [-0.3, -0.25) is 14.5 Å². The van der Waals surface area contributed by atoms with Gasteiger partial charge >= 0.3 is 0 Å². The predicted molar refractivity (Wildman–Crippen MR) is 135 cm³/mol. The number of aliphatic hydroxyl groups excluding tert-OH is 1. The molecule has 3 aromatic rings. The highest BCUT2D eigenvalue weighted by molar-refractivity contribution is 6.52. The number of carbonyl (C=O) groups is 2. The molecule has 1 amide bonds. The van der Waals surface area contributed by atoms with E-state index in [1.807, 2.05) is 6.92 Å². The molecule has 0 saturated carbocycles. The third-order valence-electron chi connectivity index (χ3n) is 5.68. The van der Waals surface area contributed by atoms with E-state index in [1.165, 1.54) is 25.2 Å². The molecule has 1 saturated heterocycles. The zero-order chi connectivity index (χ0) is 26.1. The average Bonchev–Trinajstić information content (AvgIpc) is 3.39. The Morgan fingerprint density at radius 2 is 1.81 bits per heavy atom. The van der Waals surface area contributed by atoms with Gasteiger partial charge in [-0.25, -0.2) is 0 Å². The van der Waals surface area contributed by atoms with E-state index in [9.17, 15) is 14.7 Å². The number of methoxy groups -OCH3 is 2. The molecule has 1 aliphatic heterocycles. The lowest BCUT2D eigenvalue weighted by Gasteiger charge is -2.24. The van der Waals surface area contributed by atoms with Crippen molar-refractivity contribution in [2.45, 2.75) is 19.9 Å². The van der Waals surface area contributed by atoms with Crippen LogP contribution in [0.4, 0.5) is 5.69 Å². The number of carbonyl (C=O) groups excluding carboxylic acids is 2. The molecule has 1 unspecified atom stereocenters. The number of halogens is 2. The Balaban J connectivity index is 1.98. The van der Waals surface area contributed by atoms with Crippen LogP contribution in [0.15, 0.2) is 52.5 Å². The van der Waals surface area contributed by atoms with Crippen LogP contribution in [-0.2, 0) is 9.59 Å². The second-order valence-electron chi connectivity index (χ2n) is 7.83. The lowest BCUT2D eigenvalue weighted by atomic mass is 9.98. The summed E-state index contributed by atoms with van der Waals surface area (Å²) in [5.74, 6) is -0.785. The Hall–Kier alpha value is -3.62. The van der Waals surface area contributed by atoms with Crippen molar-refractivity contribution in [3.63, 3.8) is 0 Å². The Morgan fingerprint density at radius 1 is 1.08 bits per heavy atom. The van der Waals surface area contributed by atoms with Crippen molar-refractivity contribution in [3.8, 4) is 17.2 Å². The van der Waals surface area contributed by atoms with Crippen LogP contribution < -0.4 is 19.1 Å². The second-order valence-corrected chi connectivity index (χ2v) is 8.62. The summed E-state index contributed by atoms with van der Waals surface area (Å²) in [7, 11) is 2.73. The SMILES string of the molecule is CCOc1cccc(N2C(=O)C(=O)/C(=C(/O)c3cc(Cl)c(OC)c(Cl)c3OC)C2c2ccc(C)o2)c1. The molecular formula is C26H23Cl2NO7. The average molecular weight is 532 g/mol. The van der Waals surface area contributed by atoms with Gasteiger partial charge < -0.3 is 23.7 Å². The first-order valence-electron chi connectivity index (χ1n) is 10.9. The smallest absolute Gasteiger partial charge is 0.300 e. The molecule has 0 aliphatic carbocycles. The molecule has 4 rings (SSSR count). The van der Waals surface area contributed by atoms with E-state index in [1.54, 1.807) is 43.3 Å². The van der Waals surface area contributed by atoms with Crippen LogP contribution >= 0.6 is 23.2 Å². The van der Waals surface area contributed by atoms with E-state index >= 15 is 0 Å². The zero-order valence-corrected chi connectivity index (χ0v) is 21.4. The number of hydrogen-bond donors (Lipinski definition) is 1. The summed E-state index contributed by atoms with van der Waals surface area (Å²) in [6, 6.07) is 10.4. The number of aryl methyl sites for hydroxylation is 1. The van der Waals surface area contributed by atoms with Gasteiger partial charge in [0.25, 0.3) is 11.7 Å². The Morgan fingerprint density at radius 3 is 2.42 bits per heavy atom. The molecule has 10 heteroatoms. The molecule has 0 spiro atoms. The zero-order valence-electron chi connectivity index (χ0n) is 19.9. The maximum Gasteiger partial charge on any atom is 0.300 e. The minimum atomic E-state index is -1.08. The van der Waals surface area contributed by atoms with Crippen molar-refractivity contribution >= 4 is 46.3 Å². The van der Waals surface area contributed by atoms with Crippen molar-refractivity contribution in [2.75, 3.05) is 25.7 Å². The molecule has 8 nitrogen and oxygen atoms in total. The fraction of sp³-hybridized carbons (Fsp3) is 0.231. The first kappa shape index (κ1) is 25.5. The number of aliphatic hydroxyl groups is 1. The van der Waals surface area contributed by atoms with Crippen molar-refractivity contribution in [1.29, 1.82) is 0 Å². The summed E-state index contributed by atoms with van der Waals surface area (Å²) in [5, 5.41) is 11.5. The largest absolute Gasteiger partial charge is 0.507 e. The van der Waals surface area contributed by atoms with Gasteiger partial charge in [-0.05, 0) is 44.2 Å². The molecule has 0 radical (unpaired) electrons. The van der Waals surface area contributed by atoms with E-state index in [2.05, 4.69) is 0 Å². The van der Waals surface area contributed by atoms with Gasteiger partial charge in [0.2, 0.25) is 0 Å². The summed E-state index contributed by atoms with van der Waals surface area (Å²) in [6.45, 7) is 3.99. The molecule has 1 fully saturated rings. The third-order valence-corrected chi connectivity index (χ3v) is 6.30. The van der Waals surface area contributed by atoms with Crippen molar-refractivity contribution in [1.82, 2.24) is 0 Å². The molecule has 2 heterocycles. The van der Waals surface area contributed by atoms with Crippen LogP contribution in [-0.4, -0.2) is 37.6 Å². The maximum atomic E-state index is 13.4. The summed E-state index contributed by atoms with van der Waals surface area (Å²) < 4.78 is 22.0. The standard InChI is InChI=1S/C26H23Cl2NO7/c1-5-35-15-8-6-7-14(11-15)29-21(18-10-9-13(2)36-18)19(23(31)26(29)32)22(30)16-12-17(27)25(34-4)20(28)24(16)33-3/h6-12,21,30H,5H2,1-4H3/b22-19+. The van der Waals surface area contributed by atoms with E-state index in [4.69, 9.17) is 41.8 Å². The van der Waals surface area contributed by atoms with E-state index in [0.717, 1.165) is 0 Å². The summed E-state index contributed by atoms with van der Waals surface area (Å²) in [4.78, 5) is 28.0. The van der Waals surface area contributed by atoms with Gasteiger partial charge in [0.15, 0.2) is 11.5 Å². The highest BCUT2D eigenvalue weighted by Crippen LogP contribution is 2.48. The predicted octanol–water partition coefficient (Wildman–Crippen LogP) is 5.94. The lowest BCUT2D eigenvalue weighted by molar-refractivity contribution is -0.132. The number of ether oxygens (including phenoxy) is 3. The van der Waals surface area contributed by atoms with E-state index in [-0.39, 0.29) is 38.4 Å². The first-order valence-corrected chi connectivity index (χ1v) is 11.7. The van der Waals surface area contributed by atoms with Crippen LogP contribution in [0, 0.1) is 6.92 Å². The molecule has 0 bridgehead atoms. The number of ketones is 1. The highest BCUT2D eigenvalue weighted by atomic mass is 35.5. The molecule has 2 aromatic carbocycles. The van der Waals surface area contributed by atoms with Crippen molar-refractivity contribution in [2.24, 2.45) is 0 Å². The highest BCUT2D eigenvalue weighted by Gasteiger charge is 2.49. The minimum absolute atomic E-state index is 0.00177. The molecule has 188 valence electrons. The quantitative estimate of drug-likeness (QED) is 0.229. The van der Waals surface area contributed by atoms with Crippen LogP contribution in [0.25, 0.3) is 5.76 Å². The lowest BCUT2D eigenvalue weighted by Crippen LogP contribution is -2.29. The van der Waals surface area contributed by atoms with Crippen LogP contribution in [0.5, 0.6) is 17.2 Å². The van der Waals surface area contributed by atoms with Gasteiger partial charge in [-0.2, -0.15) is 0 Å². The van der Waals surface area contributed by atoms with Crippen LogP contribution in [0.2, 0.25) is 10.0 Å². The van der Waals surface area contributed by atoms with Crippen LogP contribution in [0.1, 0.15) is 30.0 Å².